The van der Waals surface area contributed by atoms with Gasteiger partial charge in [0.1, 0.15) is 5.54 Å². The summed E-state index contributed by atoms with van der Waals surface area (Å²) >= 11 is 0. The lowest BCUT2D eigenvalue weighted by Gasteiger charge is -2.28. The van der Waals surface area contributed by atoms with Crippen LogP contribution in [0.3, 0.4) is 0 Å². The van der Waals surface area contributed by atoms with Crippen molar-refractivity contribution in [2.75, 3.05) is 4.90 Å². The maximum absolute atomic E-state index is 13.6. The zero-order valence-electron chi connectivity index (χ0n) is 20.7. The summed E-state index contributed by atoms with van der Waals surface area (Å²) in [5.41, 5.74) is 5.44. The highest BCUT2D eigenvalue weighted by molar-refractivity contribution is 6.22. The minimum absolute atomic E-state index is 0.205. The van der Waals surface area contributed by atoms with Crippen LogP contribution in [-0.4, -0.2) is 22.4 Å². The minimum atomic E-state index is -0.945. The Bertz CT molecular complexity index is 1360. The Labute approximate surface area is 212 Å². The summed E-state index contributed by atoms with van der Waals surface area (Å²) in [7, 11) is 0. The maximum atomic E-state index is 13.6. The summed E-state index contributed by atoms with van der Waals surface area (Å²) in [5.74, 6) is -0.205. The third-order valence-electron chi connectivity index (χ3n) is 6.95. The Hall–Kier alpha value is -4.18. The molecule has 0 saturated carbocycles. The molecule has 0 spiro atoms. The Morgan fingerprint density at radius 1 is 0.583 bits per heavy atom. The van der Waals surface area contributed by atoms with E-state index in [-0.39, 0.29) is 11.9 Å². The molecule has 0 aromatic heterocycles. The van der Waals surface area contributed by atoms with Crippen molar-refractivity contribution >= 4 is 17.6 Å². The predicted molar refractivity (Wildman–Crippen MR) is 144 cm³/mol. The molecule has 5 rings (SSSR count). The summed E-state index contributed by atoms with van der Waals surface area (Å²) in [5, 5.41) is 0. The molecule has 3 amide bonds. The van der Waals surface area contributed by atoms with Crippen LogP contribution in [0.25, 0.3) is 0 Å². The molecule has 1 heterocycles. The standard InChI is InChI=1S/C32H30N2O2/c1-32(2)30(35)34(29-19-17-26(18-20-29)21-24-11-5-3-6-12-24)31(36)33(32)23-28-16-10-9-15-27(28)22-25-13-7-4-8-14-25/h3-20H,21-23H2,1-2H3. The molecule has 36 heavy (non-hydrogen) atoms. The fraction of sp³-hybridized carbons (Fsp3) is 0.188. The second-order valence-electron chi connectivity index (χ2n) is 9.83. The van der Waals surface area contributed by atoms with Gasteiger partial charge in [-0.15, -0.1) is 0 Å². The van der Waals surface area contributed by atoms with Gasteiger partial charge in [-0.05, 0) is 66.6 Å². The number of anilines is 1. The molecular formula is C32H30N2O2. The molecule has 1 aliphatic heterocycles. The number of carbonyl (C=O) groups excluding carboxylic acids is 2. The van der Waals surface area contributed by atoms with Crippen molar-refractivity contribution < 1.29 is 9.59 Å². The number of nitrogens with zero attached hydrogens (tertiary/aromatic N) is 2. The van der Waals surface area contributed by atoms with Crippen molar-refractivity contribution in [2.45, 2.75) is 38.8 Å². The third kappa shape index (κ3) is 4.67. The number of hydrogen-bond acceptors (Lipinski definition) is 2. The van der Waals surface area contributed by atoms with E-state index in [4.69, 9.17) is 0 Å². The molecule has 4 aromatic rings. The van der Waals surface area contributed by atoms with Gasteiger partial charge in [-0.3, -0.25) is 4.79 Å². The second-order valence-corrected chi connectivity index (χ2v) is 9.83. The van der Waals surface area contributed by atoms with Gasteiger partial charge in [0.15, 0.2) is 0 Å². The highest BCUT2D eigenvalue weighted by Gasteiger charge is 2.51. The van der Waals surface area contributed by atoms with E-state index in [1.54, 1.807) is 4.90 Å². The topological polar surface area (TPSA) is 40.6 Å². The average molecular weight is 475 g/mol. The Balaban J connectivity index is 1.37. The van der Waals surface area contributed by atoms with E-state index < -0.39 is 5.54 Å². The summed E-state index contributed by atoms with van der Waals surface area (Å²) in [6.07, 6.45) is 1.58. The lowest BCUT2D eigenvalue weighted by Crippen LogP contribution is -2.43. The van der Waals surface area contributed by atoms with Crippen LogP contribution in [0.5, 0.6) is 0 Å². The number of benzene rings is 4. The molecule has 4 aromatic carbocycles. The molecule has 180 valence electrons. The van der Waals surface area contributed by atoms with Crippen LogP contribution in [0.1, 0.15) is 41.7 Å². The van der Waals surface area contributed by atoms with Gasteiger partial charge < -0.3 is 4.90 Å². The lowest BCUT2D eigenvalue weighted by atomic mass is 9.97. The normalized spacial score (nSPS) is 14.9. The maximum Gasteiger partial charge on any atom is 0.332 e. The molecular weight excluding hydrogens is 444 g/mol. The van der Waals surface area contributed by atoms with E-state index in [0.717, 1.165) is 29.5 Å². The van der Waals surface area contributed by atoms with E-state index in [9.17, 15) is 9.59 Å². The highest BCUT2D eigenvalue weighted by atomic mass is 16.2. The van der Waals surface area contributed by atoms with Crippen LogP contribution in [0.2, 0.25) is 0 Å². The van der Waals surface area contributed by atoms with Crippen molar-refractivity contribution in [3.05, 3.63) is 137 Å². The van der Waals surface area contributed by atoms with Gasteiger partial charge in [0, 0.05) is 6.54 Å². The predicted octanol–water partition coefficient (Wildman–Crippen LogP) is 6.62. The zero-order chi connectivity index (χ0) is 25.1. The number of carbonyl (C=O) groups is 2. The smallest absolute Gasteiger partial charge is 0.305 e. The van der Waals surface area contributed by atoms with Crippen molar-refractivity contribution in [1.29, 1.82) is 0 Å². The molecule has 0 aliphatic carbocycles. The molecule has 0 bridgehead atoms. The summed E-state index contributed by atoms with van der Waals surface area (Å²) < 4.78 is 0. The van der Waals surface area contributed by atoms with Gasteiger partial charge >= 0.3 is 6.03 Å². The molecule has 4 nitrogen and oxygen atoms in total. The van der Waals surface area contributed by atoms with Gasteiger partial charge in [0.05, 0.1) is 5.69 Å². The van der Waals surface area contributed by atoms with Crippen LogP contribution in [0, 0.1) is 0 Å². The quantitative estimate of drug-likeness (QED) is 0.283. The molecule has 1 saturated heterocycles. The molecule has 1 fully saturated rings. The van der Waals surface area contributed by atoms with Crippen molar-refractivity contribution in [2.24, 2.45) is 0 Å². The first-order valence-electron chi connectivity index (χ1n) is 12.3. The molecule has 0 unspecified atom stereocenters. The summed E-state index contributed by atoms with van der Waals surface area (Å²) in [4.78, 5) is 30.1. The Kier molecular flexibility index (Phi) is 6.43. The van der Waals surface area contributed by atoms with Crippen LogP contribution >= 0.6 is 0 Å². The number of rotatable bonds is 7. The SMILES string of the molecule is CC1(C)C(=O)N(c2ccc(Cc3ccccc3)cc2)C(=O)N1Cc1ccccc1Cc1ccccc1. The minimum Gasteiger partial charge on any atom is -0.305 e. The van der Waals surface area contributed by atoms with Gasteiger partial charge in [-0.2, -0.15) is 0 Å². The van der Waals surface area contributed by atoms with Gasteiger partial charge in [-0.25, -0.2) is 9.69 Å². The number of imide groups is 1. The van der Waals surface area contributed by atoms with Crippen LogP contribution in [0.4, 0.5) is 10.5 Å². The van der Waals surface area contributed by atoms with Crippen LogP contribution < -0.4 is 4.90 Å². The van der Waals surface area contributed by atoms with E-state index in [1.165, 1.54) is 16.0 Å². The van der Waals surface area contributed by atoms with Crippen LogP contribution in [0.15, 0.2) is 109 Å². The van der Waals surface area contributed by atoms with E-state index >= 15 is 0 Å². The largest absolute Gasteiger partial charge is 0.332 e. The molecule has 0 atom stereocenters. The van der Waals surface area contributed by atoms with Crippen molar-refractivity contribution in [3.8, 4) is 0 Å². The Morgan fingerprint density at radius 2 is 1.08 bits per heavy atom. The van der Waals surface area contributed by atoms with Gasteiger partial charge in [-0.1, -0.05) is 97.1 Å². The highest BCUT2D eigenvalue weighted by Crippen LogP contribution is 2.34. The van der Waals surface area contributed by atoms with Crippen LogP contribution in [-0.2, 0) is 24.2 Å². The van der Waals surface area contributed by atoms with E-state index in [0.29, 0.717) is 12.2 Å². The third-order valence-corrected chi connectivity index (χ3v) is 6.95. The first-order valence-corrected chi connectivity index (χ1v) is 12.3. The monoisotopic (exact) mass is 474 g/mol. The summed E-state index contributed by atoms with van der Waals surface area (Å²) in [6.45, 7) is 4.04. The Morgan fingerprint density at radius 3 is 1.69 bits per heavy atom. The second kappa shape index (κ2) is 9.82. The lowest BCUT2D eigenvalue weighted by molar-refractivity contribution is -0.123. The van der Waals surface area contributed by atoms with Gasteiger partial charge in [0.2, 0.25) is 0 Å². The fourth-order valence-corrected chi connectivity index (χ4v) is 4.79. The first kappa shape index (κ1) is 23.6. The fourth-order valence-electron chi connectivity index (χ4n) is 4.79. The van der Waals surface area contributed by atoms with E-state index in [2.05, 4.69) is 30.3 Å². The average Bonchev–Trinajstić information content (AvgIpc) is 3.06. The molecule has 0 N–H and O–H groups in total. The molecule has 4 heteroatoms. The number of amides is 3. The number of urea groups is 1. The molecule has 0 radical (unpaired) electrons. The van der Waals surface area contributed by atoms with E-state index in [1.807, 2.05) is 92.7 Å². The zero-order valence-corrected chi connectivity index (χ0v) is 20.7. The number of hydrogen-bond donors (Lipinski definition) is 0. The van der Waals surface area contributed by atoms with Crippen molar-refractivity contribution in [3.63, 3.8) is 0 Å². The van der Waals surface area contributed by atoms with Gasteiger partial charge in [0.25, 0.3) is 5.91 Å². The molecule has 1 aliphatic rings. The summed E-state index contributed by atoms with van der Waals surface area (Å²) in [6, 6.07) is 36.1. The first-order chi connectivity index (χ1) is 17.4. The van der Waals surface area contributed by atoms with Crippen molar-refractivity contribution in [1.82, 2.24) is 4.90 Å².